The SMILES string of the molecule is CCN(CC)CCOc1cc(O)c2c3c(oc2c1)C(=O)c1ncccc1C3=O. The van der Waals surface area contributed by atoms with Crippen molar-refractivity contribution >= 4 is 22.5 Å². The molecule has 0 unspecified atom stereocenters. The Hall–Kier alpha value is -3.19. The van der Waals surface area contributed by atoms with Crippen molar-refractivity contribution in [1.29, 1.82) is 0 Å². The summed E-state index contributed by atoms with van der Waals surface area (Å²) in [6.07, 6.45) is 1.46. The number of hydrogen-bond donors (Lipinski definition) is 1. The summed E-state index contributed by atoms with van der Waals surface area (Å²) in [6, 6.07) is 6.18. The molecule has 0 amide bonds. The zero-order valence-corrected chi connectivity index (χ0v) is 15.7. The van der Waals surface area contributed by atoms with E-state index in [0.717, 1.165) is 19.6 Å². The molecule has 2 aromatic heterocycles. The van der Waals surface area contributed by atoms with Gasteiger partial charge in [0.2, 0.25) is 5.78 Å². The zero-order valence-electron chi connectivity index (χ0n) is 15.7. The number of hydrogen-bond acceptors (Lipinski definition) is 7. The molecule has 28 heavy (non-hydrogen) atoms. The molecule has 1 aromatic carbocycles. The van der Waals surface area contributed by atoms with Crippen LogP contribution in [0.4, 0.5) is 0 Å². The van der Waals surface area contributed by atoms with Gasteiger partial charge in [-0.15, -0.1) is 0 Å². The van der Waals surface area contributed by atoms with E-state index >= 15 is 0 Å². The van der Waals surface area contributed by atoms with Gasteiger partial charge in [0.15, 0.2) is 11.5 Å². The number of aromatic nitrogens is 1. The van der Waals surface area contributed by atoms with Gasteiger partial charge in [-0.3, -0.25) is 14.6 Å². The van der Waals surface area contributed by atoms with Crippen LogP contribution in [-0.4, -0.2) is 52.8 Å². The van der Waals surface area contributed by atoms with Gasteiger partial charge in [-0.25, -0.2) is 0 Å². The lowest BCUT2D eigenvalue weighted by Gasteiger charge is -2.18. The summed E-state index contributed by atoms with van der Waals surface area (Å²) in [5.41, 5.74) is 0.584. The van der Waals surface area contributed by atoms with E-state index in [1.54, 1.807) is 18.2 Å². The summed E-state index contributed by atoms with van der Waals surface area (Å²) in [5, 5.41) is 10.7. The van der Waals surface area contributed by atoms with E-state index in [4.69, 9.17) is 9.15 Å². The summed E-state index contributed by atoms with van der Waals surface area (Å²) in [7, 11) is 0. The first-order valence-electron chi connectivity index (χ1n) is 9.24. The maximum atomic E-state index is 12.9. The minimum absolute atomic E-state index is 0.0641. The Bertz CT molecular complexity index is 1080. The molecule has 0 fully saturated rings. The molecule has 4 rings (SSSR count). The van der Waals surface area contributed by atoms with Crippen molar-refractivity contribution < 1.29 is 23.8 Å². The first-order chi connectivity index (χ1) is 13.5. The average Bonchev–Trinajstić information content (AvgIpc) is 3.10. The van der Waals surface area contributed by atoms with Crippen molar-refractivity contribution in [2.75, 3.05) is 26.2 Å². The van der Waals surface area contributed by atoms with Gasteiger partial charge in [0.05, 0.1) is 16.5 Å². The number of likely N-dealkylation sites (N-methyl/N-ethyl adjacent to an activating group) is 1. The largest absolute Gasteiger partial charge is 0.507 e. The van der Waals surface area contributed by atoms with Crippen LogP contribution >= 0.6 is 0 Å². The van der Waals surface area contributed by atoms with Crippen molar-refractivity contribution in [3.05, 3.63) is 53.0 Å². The highest BCUT2D eigenvalue weighted by atomic mass is 16.5. The van der Waals surface area contributed by atoms with Crippen LogP contribution in [0.1, 0.15) is 46.0 Å². The zero-order chi connectivity index (χ0) is 19.8. The Morgan fingerprint density at radius 1 is 1.18 bits per heavy atom. The van der Waals surface area contributed by atoms with Crippen LogP contribution in [0.25, 0.3) is 11.0 Å². The van der Waals surface area contributed by atoms with Crippen molar-refractivity contribution in [1.82, 2.24) is 9.88 Å². The second-order valence-electron chi connectivity index (χ2n) is 6.55. The minimum atomic E-state index is -0.468. The van der Waals surface area contributed by atoms with Crippen molar-refractivity contribution in [3.63, 3.8) is 0 Å². The van der Waals surface area contributed by atoms with Crippen LogP contribution in [0.15, 0.2) is 34.9 Å². The topological polar surface area (TPSA) is 92.9 Å². The van der Waals surface area contributed by atoms with E-state index in [9.17, 15) is 14.7 Å². The minimum Gasteiger partial charge on any atom is -0.507 e. The number of phenols is 1. The molecule has 2 heterocycles. The third-order valence-electron chi connectivity index (χ3n) is 5.02. The highest BCUT2D eigenvalue weighted by molar-refractivity contribution is 6.31. The maximum Gasteiger partial charge on any atom is 0.248 e. The number of fused-ring (bicyclic) bond motifs is 4. The van der Waals surface area contributed by atoms with Crippen molar-refractivity contribution in [2.45, 2.75) is 13.8 Å². The summed E-state index contributed by atoms with van der Waals surface area (Å²) < 4.78 is 11.4. The third-order valence-corrected chi connectivity index (χ3v) is 5.02. The van der Waals surface area contributed by atoms with Crippen LogP contribution in [0.5, 0.6) is 11.5 Å². The number of ether oxygens (including phenoxy) is 1. The first-order valence-corrected chi connectivity index (χ1v) is 9.24. The molecule has 1 aliphatic carbocycles. The Morgan fingerprint density at radius 2 is 1.96 bits per heavy atom. The van der Waals surface area contributed by atoms with Gasteiger partial charge in [-0.1, -0.05) is 13.8 Å². The molecule has 0 aliphatic heterocycles. The Balaban J connectivity index is 1.71. The van der Waals surface area contributed by atoms with E-state index in [-0.39, 0.29) is 45.1 Å². The Kier molecular flexibility index (Phi) is 4.60. The monoisotopic (exact) mass is 380 g/mol. The van der Waals surface area contributed by atoms with E-state index < -0.39 is 5.78 Å². The van der Waals surface area contributed by atoms with Gasteiger partial charge in [0, 0.05) is 24.9 Å². The summed E-state index contributed by atoms with van der Waals surface area (Å²) in [5.74, 6) is -0.693. The second kappa shape index (κ2) is 7.09. The number of benzene rings is 1. The molecular formula is C21H20N2O5. The number of pyridine rings is 1. The number of furan rings is 1. The summed E-state index contributed by atoms with van der Waals surface area (Å²) >= 11 is 0. The highest BCUT2D eigenvalue weighted by Gasteiger charge is 2.37. The number of aromatic hydroxyl groups is 1. The van der Waals surface area contributed by atoms with Crippen LogP contribution in [0, 0.1) is 0 Å². The van der Waals surface area contributed by atoms with Gasteiger partial charge in [-0.2, -0.15) is 0 Å². The fourth-order valence-electron chi connectivity index (χ4n) is 3.49. The lowest BCUT2D eigenvalue weighted by atomic mass is 9.90. The molecule has 0 saturated heterocycles. The van der Waals surface area contributed by atoms with Crippen LogP contribution < -0.4 is 4.74 Å². The Labute approximate surface area is 161 Å². The fourth-order valence-corrected chi connectivity index (χ4v) is 3.49. The van der Waals surface area contributed by atoms with Crippen molar-refractivity contribution in [2.24, 2.45) is 0 Å². The molecule has 0 radical (unpaired) electrons. The highest BCUT2D eigenvalue weighted by Crippen LogP contribution is 2.40. The van der Waals surface area contributed by atoms with Gasteiger partial charge in [0.25, 0.3) is 0 Å². The van der Waals surface area contributed by atoms with E-state index in [1.165, 1.54) is 12.3 Å². The number of carbonyl (C=O) groups excluding carboxylic acids is 2. The van der Waals surface area contributed by atoms with E-state index in [0.29, 0.717) is 12.4 Å². The van der Waals surface area contributed by atoms with Gasteiger partial charge < -0.3 is 19.2 Å². The molecule has 3 aromatic rings. The second-order valence-corrected chi connectivity index (χ2v) is 6.55. The molecule has 7 heteroatoms. The molecule has 1 N–H and O–H groups in total. The molecule has 0 spiro atoms. The van der Waals surface area contributed by atoms with Gasteiger partial charge in [0.1, 0.15) is 29.4 Å². The first kappa shape index (κ1) is 18.2. The normalized spacial score (nSPS) is 13.1. The van der Waals surface area contributed by atoms with Crippen LogP contribution in [0.3, 0.4) is 0 Å². The van der Waals surface area contributed by atoms with E-state index in [1.807, 2.05) is 0 Å². The Morgan fingerprint density at radius 3 is 2.71 bits per heavy atom. The van der Waals surface area contributed by atoms with E-state index in [2.05, 4.69) is 23.7 Å². The molecule has 0 saturated carbocycles. The molecular weight excluding hydrogens is 360 g/mol. The lowest BCUT2D eigenvalue weighted by Crippen LogP contribution is -2.27. The average molecular weight is 380 g/mol. The number of phenolic OH excluding ortho intramolecular Hbond substituents is 1. The summed E-state index contributed by atoms with van der Waals surface area (Å²) in [6.45, 7) is 7.20. The molecule has 0 bridgehead atoms. The number of nitrogens with zero attached hydrogens (tertiary/aromatic N) is 2. The number of ketones is 2. The fraction of sp³-hybridized carbons (Fsp3) is 0.286. The lowest BCUT2D eigenvalue weighted by molar-refractivity contribution is 0.0958. The summed E-state index contributed by atoms with van der Waals surface area (Å²) in [4.78, 5) is 31.8. The quantitative estimate of drug-likeness (QED) is 0.549. The molecule has 7 nitrogen and oxygen atoms in total. The van der Waals surface area contributed by atoms with Crippen LogP contribution in [0.2, 0.25) is 0 Å². The maximum absolute atomic E-state index is 12.9. The number of carbonyl (C=O) groups is 2. The predicted octanol–water partition coefficient (Wildman–Crippen LogP) is 3.03. The standard InChI is InChI=1S/C21H20N2O5/c1-3-23(4-2)8-9-27-12-10-14(24)16-15(11-12)28-21-17(16)19(25)13-6-5-7-22-18(13)20(21)26/h5-7,10-11,24H,3-4,8-9H2,1-2H3. The molecule has 144 valence electrons. The number of rotatable bonds is 6. The smallest absolute Gasteiger partial charge is 0.248 e. The molecule has 0 atom stereocenters. The van der Waals surface area contributed by atoms with Gasteiger partial charge >= 0.3 is 0 Å². The predicted molar refractivity (Wildman–Crippen MR) is 102 cm³/mol. The third kappa shape index (κ3) is 2.84. The molecule has 1 aliphatic rings. The van der Waals surface area contributed by atoms with Gasteiger partial charge in [-0.05, 0) is 25.2 Å². The van der Waals surface area contributed by atoms with Crippen LogP contribution in [-0.2, 0) is 0 Å². The van der Waals surface area contributed by atoms with Crippen molar-refractivity contribution in [3.8, 4) is 11.5 Å².